The highest BCUT2D eigenvalue weighted by atomic mass is 15.3. The Balaban J connectivity index is 1.91. The van der Waals surface area contributed by atoms with Gasteiger partial charge in [-0.05, 0) is 34.5 Å². The molecule has 0 aliphatic carbocycles. The predicted molar refractivity (Wildman–Crippen MR) is 110 cm³/mol. The van der Waals surface area contributed by atoms with Crippen LogP contribution in [-0.4, -0.2) is 9.78 Å². The molecular weight excluding hydrogens is 346 g/mol. The molecule has 0 aliphatic rings. The lowest BCUT2D eigenvalue weighted by atomic mass is 10.0. The SMILES string of the molecule is N#C/C(=C\c1cccc2ccccc12)c1nn(-c2ccccc2)c(N)c1C#N. The Labute approximate surface area is 162 Å². The summed E-state index contributed by atoms with van der Waals surface area (Å²) in [6, 6.07) is 27.4. The van der Waals surface area contributed by atoms with E-state index in [-0.39, 0.29) is 22.6 Å². The minimum atomic E-state index is 0.192. The minimum Gasteiger partial charge on any atom is -0.382 e. The standard InChI is InChI=1S/C23H15N5/c24-14-18(13-17-9-6-8-16-7-4-5-12-20(16)17)22-21(15-25)23(26)28(27-22)19-10-2-1-3-11-19/h1-13H,26H2/b18-13+. The van der Waals surface area contributed by atoms with E-state index in [1.807, 2.05) is 72.8 Å². The van der Waals surface area contributed by atoms with Gasteiger partial charge in [0.25, 0.3) is 0 Å². The lowest BCUT2D eigenvalue weighted by Crippen LogP contribution is -2.02. The van der Waals surface area contributed by atoms with Crippen LogP contribution in [0.5, 0.6) is 0 Å². The fraction of sp³-hybridized carbons (Fsp3) is 0. The molecule has 4 rings (SSSR count). The van der Waals surface area contributed by atoms with Crippen LogP contribution in [0.4, 0.5) is 5.82 Å². The number of benzene rings is 3. The number of hydrogen-bond donors (Lipinski definition) is 1. The van der Waals surface area contributed by atoms with Crippen molar-refractivity contribution in [1.29, 1.82) is 10.5 Å². The van der Waals surface area contributed by atoms with Gasteiger partial charge in [0, 0.05) is 0 Å². The van der Waals surface area contributed by atoms with E-state index in [0.29, 0.717) is 0 Å². The summed E-state index contributed by atoms with van der Waals surface area (Å²) in [6.45, 7) is 0. The Bertz CT molecular complexity index is 1280. The molecule has 2 N–H and O–H groups in total. The Kier molecular flexibility index (Phi) is 4.34. The highest BCUT2D eigenvalue weighted by molar-refractivity contribution is 5.99. The number of hydrogen-bond acceptors (Lipinski definition) is 4. The molecule has 0 fully saturated rings. The summed E-state index contributed by atoms with van der Waals surface area (Å²) in [6.07, 6.45) is 1.75. The summed E-state index contributed by atoms with van der Waals surface area (Å²) in [7, 11) is 0. The number of aromatic nitrogens is 2. The van der Waals surface area contributed by atoms with Gasteiger partial charge in [-0.2, -0.15) is 15.6 Å². The summed E-state index contributed by atoms with van der Waals surface area (Å²) in [5, 5.41) is 26.0. The summed E-state index contributed by atoms with van der Waals surface area (Å²) < 4.78 is 1.49. The van der Waals surface area contributed by atoms with Crippen LogP contribution in [0.15, 0.2) is 72.8 Å². The Morgan fingerprint density at radius 3 is 2.39 bits per heavy atom. The molecule has 0 radical (unpaired) electrons. The average molecular weight is 361 g/mol. The number of nitrogen functional groups attached to an aromatic ring is 1. The second-order valence-electron chi connectivity index (χ2n) is 6.21. The molecule has 1 aromatic heterocycles. The number of nitrogens with two attached hydrogens (primary N) is 1. The van der Waals surface area contributed by atoms with Gasteiger partial charge in [-0.25, -0.2) is 4.68 Å². The molecule has 4 aromatic rings. The zero-order valence-electron chi connectivity index (χ0n) is 14.9. The van der Waals surface area contributed by atoms with Crippen molar-refractivity contribution in [2.45, 2.75) is 0 Å². The van der Waals surface area contributed by atoms with Crippen molar-refractivity contribution in [2.75, 3.05) is 5.73 Å². The van der Waals surface area contributed by atoms with Gasteiger partial charge in [0.1, 0.15) is 29.2 Å². The van der Waals surface area contributed by atoms with E-state index in [9.17, 15) is 10.5 Å². The second kappa shape index (κ2) is 7.11. The topological polar surface area (TPSA) is 91.4 Å². The van der Waals surface area contributed by atoms with Crippen molar-refractivity contribution in [1.82, 2.24) is 9.78 Å². The molecule has 132 valence electrons. The highest BCUT2D eigenvalue weighted by Gasteiger charge is 2.20. The average Bonchev–Trinajstić information content (AvgIpc) is 3.08. The summed E-state index contributed by atoms with van der Waals surface area (Å²) >= 11 is 0. The number of fused-ring (bicyclic) bond motifs is 1. The van der Waals surface area contributed by atoms with E-state index >= 15 is 0 Å². The van der Waals surface area contributed by atoms with Crippen LogP contribution in [0.25, 0.3) is 28.1 Å². The molecule has 0 amide bonds. The summed E-state index contributed by atoms with van der Waals surface area (Å²) in [4.78, 5) is 0. The molecule has 0 aliphatic heterocycles. The van der Waals surface area contributed by atoms with Crippen LogP contribution in [0.3, 0.4) is 0 Å². The molecule has 1 heterocycles. The van der Waals surface area contributed by atoms with Crippen molar-refractivity contribution in [3.05, 3.63) is 89.6 Å². The molecule has 0 saturated heterocycles. The number of anilines is 1. The zero-order chi connectivity index (χ0) is 19.5. The van der Waals surface area contributed by atoms with Crippen molar-refractivity contribution in [2.24, 2.45) is 0 Å². The first-order valence-electron chi connectivity index (χ1n) is 8.67. The van der Waals surface area contributed by atoms with Gasteiger partial charge in [-0.3, -0.25) is 0 Å². The number of nitrogens with zero attached hydrogens (tertiary/aromatic N) is 4. The smallest absolute Gasteiger partial charge is 0.145 e. The van der Waals surface area contributed by atoms with Gasteiger partial charge in [-0.15, -0.1) is 0 Å². The highest BCUT2D eigenvalue weighted by Crippen LogP contribution is 2.28. The Morgan fingerprint density at radius 2 is 1.64 bits per heavy atom. The molecule has 28 heavy (non-hydrogen) atoms. The van der Waals surface area contributed by atoms with Gasteiger partial charge in [0.05, 0.1) is 11.3 Å². The van der Waals surface area contributed by atoms with Crippen LogP contribution in [0.2, 0.25) is 0 Å². The van der Waals surface area contributed by atoms with Gasteiger partial charge in [0.15, 0.2) is 0 Å². The van der Waals surface area contributed by atoms with Gasteiger partial charge in [0.2, 0.25) is 0 Å². The van der Waals surface area contributed by atoms with Gasteiger partial charge >= 0.3 is 0 Å². The van der Waals surface area contributed by atoms with Crippen LogP contribution in [0.1, 0.15) is 16.8 Å². The molecule has 0 spiro atoms. The third-order valence-electron chi connectivity index (χ3n) is 4.53. The zero-order valence-corrected chi connectivity index (χ0v) is 14.9. The van der Waals surface area contributed by atoms with Gasteiger partial charge < -0.3 is 5.73 Å². The normalized spacial score (nSPS) is 11.1. The van der Waals surface area contributed by atoms with E-state index in [1.54, 1.807) is 6.08 Å². The lowest BCUT2D eigenvalue weighted by Gasteiger charge is -2.03. The predicted octanol–water partition coefficient (Wildman–Crippen LogP) is 4.54. The molecule has 0 atom stereocenters. The molecule has 0 saturated carbocycles. The van der Waals surface area contributed by atoms with Crippen molar-refractivity contribution < 1.29 is 0 Å². The summed E-state index contributed by atoms with van der Waals surface area (Å²) in [5.41, 5.74) is 8.53. The molecule has 0 bridgehead atoms. The summed E-state index contributed by atoms with van der Waals surface area (Å²) in [5.74, 6) is 0.211. The maximum atomic E-state index is 9.79. The maximum absolute atomic E-state index is 9.79. The van der Waals surface area contributed by atoms with Crippen molar-refractivity contribution in [3.8, 4) is 17.8 Å². The fourth-order valence-corrected chi connectivity index (χ4v) is 3.18. The Hall–Kier alpha value is -4.35. The largest absolute Gasteiger partial charge is 0.382 e. The van der Waals surface area contributed by atoms with E-state index in [2.05, 4.69) is 17.2 Å². The molecule has 5 heteroatoms. The number of allylic oxidation sites excluding steroid dienone is 1. The van der Waals surface area contributed by atoms with Crippen LogP contribution in [-0.2, 0) is 0 Å². The first-order chi connectivity index (χ1) is 13.7. The minimum absolute atomic E-state index is 0.192. The first kappa shape index (κ1) is 17.1. The van der Waals surface area contributed by atoms with E-state index in [0.717, 1.165) is 22.0 Å². The number of nitriles is 2. The fourth-order valence-electron chi connectivity index (χ4n) is 3.18. The third-order valence-corrected chi connectivity index (χ3v) is 4.53. The van der Waals surface area contributed by atoms with Crippen LogP contribution < -0.4 is 5.73 Å². The molecule has 3 aromatic carbocycles. The quantitative estimate of drug-likeness (QED) is 0.542. The van der Waals surface area contributed by atoms with E-state index < -0.39 is 0 Å². The monoisotopic (exact) mass is 361 g/mol. The molecule has 5 nitrogen and oxygen atoms in total. The molecular formula is C23H15N5. The van der Waals surface area contributed by atoms with Crippen LogP contribution >= 0.6 is 0 Å². The number of para-hydroxylation sites is 1. The van der Waals surface area contributed by atoms with Crippen molar-refractivity contribution in [3.63, 3.8) is 0 Å². The first-order valence-corrected chi connectivity index (χ1v) is 8.67. The molecule has 0 unspecified atom stereocenters. The maximum Gasteiger partial charge on any atom is 0.145 e. The van der Waals surface area contributed by atoms with Crippen molar-refractivity contribution >= 4 is 28.2 Å². The van der Waals surface area contributed by atoms with Crippen LogP contribution in [0, 0.1) is 22.7 Å². The van der Waals surface area contributed by atoms with Gasteiger partial charge in [-0.1, -0.05) is 60.7 Å². The lowest BCUT2D eigenvalue weighted by molar-refractivity contribution is 0.885. The second-order valence-corrected chi connectivity index (χ2v) is 6.21. The number of rotatable bonds is 3. The van der Waals surface area contributed by atoms with E-state index in [1.165, 1.54) is 4.68 Å². The third kappa shape index (κ3) is 2.88. The van der Waals surface area contributed by atoms with E-state index in [4.69, 9.17) is 5.73 Å². The Morgan fingerprint density at radius 1 is 0.929 bits per heavy atom.